The average Bonchev–Trinajstić information content (AvgIpc) is 3.17. The van der Waals surface area contributed by atoms with Gasteiger partial charge in [-0.3, -0.25) is 9.59 Å². The molecule has 0 aliphatic carbocycles. The van der Waals surface area contributed by atoms with Crippen LogP contribution < -0.4 is 20.1 Å². The first-order chi connectivity index (χ1) is 13.2. The van der Waals surface area contributed by atoms with Crippen molar-refractivity contribution in [1.82, 2.24) is 10.6 Å². The monoisotopic (exact) mass is 370 g/mol. The second-order valence-electron chi connectivity index (χ2n) is 6.05. The van der Waals surface area contributed by atoms with Gasteiger partial charge in [0.25, 0.3) is 11.8 Å². The Morgan fingerprint density at radius 2 is 1.63 bits per heavy atom. The zero-order chi connectivity index (χ0) is 19.1. The number of hydrogen-bond donors (Lipinski definition) is 2. The summed E-state index contributed by atoms with van der Waals surface area (Å²) in [5.74, 6) is 1.02. The Hall–Kier alpha value is -3.06. The minimum absolute atomic E-state index is 0.168. The molecule has 2 N–H and O–H groups in total. The summed E-state index contributed by atoms with van der Waals surface area (Å²) in [5.41, 5.74) is 1.92. The van der Waals surface area contributed by atoms with E-state index in [9.17, 15) is 9.59 Å². The molecule has 27 heavy (non-hydrogen) atoms. The van der Waals surface area contributed by atoms with E-state index in [1.807, 2.05) is 18.2 Å². The molecule has 0 spiro atoms. The lowest BCUT2D eigenvalue weighted by Crippen LogP contribution is -2.26. The summed E-state index contributed by atoms with van der Waals surface area (Å²) in [7, 11) is 1.62. The van der Waals surface area contributed by atoms with Crippen molar-refractivity contribution in [1.29, 1.82) is 0 Å². The fourth-order valence-electron chi connectivity index (χ4n) is 2.63. The van der Waals surface area contributed by atoms with Gasteiger partial charge in [-0.05, 0) is 48.4 Å². The van der Waals surface area contributed by atoms with Crippen molar-refractivity contribution in [2.24, 2.45) is 0 Å². The first-order valence-electron chi connectivity index (χ1n) is 8.71. The second-order valence-corrected chi connectivity index (χ2v) is 6.05. The normalized spacial score (nSPS) is 11.9. The summed E-state index contributed by atoms with van der Waals surface area (Å²) in [5, 5.41) is 5.66. The van der Waals surface area contributed by atoms with Crippen LogP contribution in [0.3, 0.4) is 0 Å². The fraction of sp³-hybridized carbons (Fsp3) is 0.300. The van der Waals surface area contributed by atoms with E-state index in [2.05, 4.69) is 10.6 Å². The van der Waals surface area contributed by atoms with Gasteiger partial charge in [0.05, 0.1) is 0 Å². The Morgan fingerprint density at radius 1 is 0.963 bits per heavy atom. The number of methoxy groups -OCH3 is 1. The lowest BCUT2D eigenvalue weighted by Gasteiger charge is -2.08. The van der Waals surface area contributed by atoms with Gasteiger partial charge in [0, 0.05) is 37.9 Å². The summed E-state index contributed by atoms with van der Waals surface area (Å²) in [6.45, 7) is 1.74. The lowest BCUT2D eigenvalue weighted by molar-refractivity contribution is 0.0937. The predicted octanol–water partition coefficient (Wildman–Crippen LogP) is 2.11. The molecule has 0 radical (unpaired) electrons. The van der Waals surface area contributed by atoms with Crippen LogP contribution in [0.2, 0.25) is 0 Å². The van der Waals surface area contributed by atoms with Crippen molar-refractivity contribution >= 4 is 11.8 Å². The molecular weight excluding hydrogens is 348 g/mol. The van der Waals surface area contributed by atoms with Gasteiger partial charge in [-0.2, -0.15) is 0 Å². The van der Waals surface area contributed by atoms with Crippen molar-refractivity contribution in [3.63, 3.8) is 0 Å². The fourth-order valence-corrected chi connectivity index (χ4v) is 2.63. The van der Waals surface area contributed by atoms with Crippen LogP contribution in [0.4, 0.5) is 0 Å². The molecule has 2 amide bonds. The van der Waals surface area contributed by atoms with Gasteiger partial charge >= 0.3 is 0 Å². The van der Waals surface area contributed by atoms with Crippen LogP contribution >= 0.6 is 0 Å². The summed E-state index contributed by atoms with van der Waals surface area (Å²) in [4.78, 5) is 24.3. The van der Waals surface area contributed by atoms with Crippen LogP contribution in [0, 0.1) is 0 Å². The minimum Gasteiger partial charge on any atom is -0.454 e. The molecule has 2 aromatic rings. The van der Waals surface area contributed by atoms with E-state index in [0.29, 0.717) is 42.3 Å². The lowest BCUT2D eigenvalue weighted by atomic mass is 10.1. The number of hydrogen-bond acceptors (Lipinski definition) is 5. The number of ether oxygens (including phenoxy) is 3. The molecule has 2 aromatic carbocycles. The van der Waals surface area contributed by atoms with Gasteiger partial charge < -0.3 is 24.8 Å². The molecule has 0 atom stereocenters. The van der Waals surface area contributed by atoms with E-state index in [1.165, 1.54) is 0 Å². The highest BCUT2D eigenvalue weighted by Crippen LogP contribution is 2.32. The third kappa shape index (κ3) is 4.98. The van der Waals surface area contributed by atoms with Crippen molar-refractivity contribution in [3.8, 4) is 11.5 Å². The van der Waals surface area contributed by atoms with Crippen LogP contribution in [0.1, 0.15) is 32.7 Å². The van der Waals surface area contributed by atoms with Gasteiger partial charge in [-0.1, -0.05) is 6.07 Å². The highest BCUT2D eigenvalue weighted by Gasteiger charge is 2.14. The van der Waals surface area contributed by atoms with Gasteiger partial charge in [0.2, 0.25) is 6.79 Å². The Balaban J connectivity index is 1.50. The minimum atomic E-state index is -0.209. The molecule has 0 bridgehead atoms. The van der Waals surface area contributed by atoms with Crippen LogP contribution in [-0.4, -0.2) is 38.9 Å². The molecule has 0 unspecified atom stereocenters. The maximum absolute atomic E-state index is 12.3. The van der Waals surface area contributed by atoms with Crippen LogP contribution in [0.5, 0.6) is 11.5 Å². The largest absolute Gasteiger partial charge is 0.454 e. The summed E-state index contributed by atoms with van der Waals surface area (Å²) < 4.78 is 15.5. The van der Waals surface area contributed by atoms with E-state index >= 15 is 0 Å². The molecule has 0 fully saturated rings. The highest BCUT2D eigenvalue weighted by molar-refractivity contribution is 5.97. The molecular formula is C20H22N2O5. The van der Waals surface area contributed by atoms with Crippen molar-refractivity contribution < 1.29 is 23.8 Å². The molecule has 7 heteroatoms. The number of benzene rings is 2. The summed E-state index contributed by atoms with van der Waals surface area (Å²) in [6, 6.07) is 12.1. The van der Waals surface area contributed by atoms with Crippen LogP contribution in [-0.2, 0) is 11.3 Å². The molecule has 1 aliphatic heterocycles. The zero-order valence-corrected chi connectivity index (χ0v) is 15.1. The smallest absolute Gasteiger partial charge is 0.251 e. The standard InChI is InChI=1S/C20H22N2O5/c1-25-10-2-9-21-19(23)15-4-6-16(7-5-15)20(24)22-12-14-3-8-17-18(11-14)27-13-26-17/h3-8,11H,2,9-10,12-13H2,1H3,(H,21,23)(H,22,24). The number of rotatable bonds is 8. The maximum atomic E-state index is 12.3. The Morgan fingerprint density at radius 3 is 2.33 bits per heavy atom. The second kappa shape index (κ2) is 9.05. The molecule has 0 saturated carbocycles. The molecule has 1 heterocycles. The van der Waals surface area contributed by atoms with E-state index in [1.54, 1.807) is 31.4 Å². The molecule has 7 nitrogen and oxygen atoms in total. The van der Waals surface area contributed by atoms with Gasteiger partial charge in [-0.15, -0.1) is 0 Å². The molecule has 1 aliphatic rings. The van der Waals surface area contributed by atoms with Crippen molar-refractivity contribution in [3.05, 3.63) is 59.2 Å². The number of fused-ring (bicyclic) bond motifs is 1. The molecule has 3 rings (SSSR count). The third-order valence-corrected chi connectivity index (χ3v) is 4.11. The number of nitrogens with one attached hydrogen (secondary N) is 2. The van der Waals surface area contributed by atoms with E-state index in [4.69, 9.17) is 14.2 Å². The molecule has 142 valence electrons. The van der Waals surface area contributed by atoms with E-state index in [-0.39, 0.29) is 18.6 Å². The first kappa shape index (κ1) is 18.7. The number of carbonyl (C=O) groups is 2. The molecule has 0 saturated heterocycles. The van der Waals surface area contributed by atoms with Crippen molar-refractivity contribution in [2.45, 2.75) is 13.0 Å². The summed E-state index contributed by atoms with van der Waals surface area (Å²) >= 11 is 0. The van der Waals surface area contributed by atoms with Crippen LogP contribution in [0.15, 0.2) is 42.5 Å². The Bertz CT molecular complexity index is 805. The third-order valence-electron chi connectivity index (χ3n) is 4.11. The van der Waals surface area contributed by atoms with Gasteiger partial charge in [0.1, 0.15) is 0 Å². The molecule has 0 aromatic heterocycles. The maximum Gasteiger partial charge on any atom is 0.251 e. The van der Waals surface area contributed by atoms with Crippen LogP contribution in [0.25, 0.3) is 0 Å². The van der Waals surface area contributed by atoms with Gasteiger partial charge in [-0.25, -0.2) is 0 Å². The van der Waals surface area contributed by atoms with Crippen molar-refractivity contribution in [2.75, 3.05) is 27.1 Å². The predicted molar refractivity (Wildman–Crippen MR) is 99.0 cm³/mol. The number of amides is 2. The summed E-state index contributed by atoms with van der Waals surface area (Å²) in [6.07, 6.45) is 0.753. The SMILES string of the molecule is COCCCNC(=O)c1ccc(C(=O)NCc2ccc3c(c2)OCO3)cc1. The van der Waals surface area contributed by atoms with E-state index < -0.39 is 0 Å². The first-order valence-corrected chi connectivity index (χ1v) is 8.71. The Labute approximate surface area is 157 Å². The average molecular weight is 370 g/mol. The van der Waals surface area contributed by atoms with E-state index in [0.717, 1.165) is 12.0 Å². The highest BCUT2D eigenvalue weighted by atomic mass is 16.7. The number of carbonyl (C=O) groups excluding carboxylic acids is 2. The van der Waals surface area contributed by atoms with Gasteiger partial charge in [0.15, 0.2) is 11.5 Å². The quantitative estimate of drug-likeness (QED) is 0.695. The Kier molecular flexibility index (Phi) is 6.27. The zero-order valence-electron chi connectivity index (χ0n) is 15.1. The topological polar surface area (TPSA) is 85.9 Å².